The minimum atomic E-state index is -0.762. The number of nitrogens with zero attached hydrogens (tertiary/aromatic N) is 1. The summed E-state index contributed by atoms with van der Waals surface area (Å²) in [6.45, 7) is 1.35. The first-order valence-corrected chi connectivity index (χ1v) is 7.29. The van der Waals surface area contributed by atoms with E-state index in [9.17, 15) is 13.6 Å². The zero-order chi connectivity index (χ0) is 15.0. The number of nitrogens with two attached hydrogens (primary N) is 1. The van der Waals surface area contributed by atoms with Gasteiger partial charge in [0.25, 0.3) is 0 Å². The van der Waals surface area contributed by atoms with Crippen molar-refractivity contribution in [2.45, 2.75) is 25.3 Å². The van der Waals surface area contributed by atoms with Gasteiger partial charge >= 0.3 is 6.03 Å². The van der Waals surface area contributed by atoms with Gasteiger partial charge < -0.3 is 16.0 Å². The summed E-state index contributed by atoms with van der Waals surface area (Å²) < 4.78 is 26.4. The van der Waals surface area contributed by atoms with E-state index in [1.54, 1.807) is 4.90 Å². The number of hydrogen-bond acceptors (Lipinski definition) is 2. The number of likely N-dealkylation sites (tertiary alicyclic amines) is 1. The molecule has 3 N–H and O–H groups in total. The molecule has 1 aromatic rings. The van der Waals surface area contributed by atoms with Crippen LogP contribution in [0.25, 0.3) is 0 Å². The Morgan fingerprint density at radius 1 is 1.24 bits per heavy atom. The van der Waals surface area contributed by atoms with Crippen LogP contribution in [-0.4, -0.2) is 30.1 Å². The van der Waals surface area contributed by atoms with Gasteiger partial charge in [-0.25, -0.2) is 13.6 Å². The lowest BCUT2D eigenvalue weighted by Crippen LogP contribution is -2.34. The molecule has 0 spiro atoms. The second-order valence-corrected chi connectivity index (χ2v) is 6.05. The first-order chi connectivity index (χ1) is 10.0. The quantitative estimate of drug-likeness (QED) is 0.836. The zero-order valence-corrected chi connectivity index (χ0v) is 11.7. The highest BCUT2D eigenvalue weighted by molar-refractivity contribution is 5.89. The Labute approximate surface area is 122 Å². The number of rotatable bonds is 1. The summed E-state index contributed by atoms with van der Waals surface area (Å²) in [6.07, 6.45) is 2.99. The summed E-state index contributed by atoms with van der Waals surface area (Å²) in [5, 5.41) is 2.51. The van der Waals surface area contributed by atoms with Crippen LogP contribution in [0.3, 0.4) is 0 Å². The van der Waals surface area contributed by atoms with Gasteiger partial charge in [-0.1, -0.05) is 0 Å². The lowest BCUT2D eigenvalue weighted by molar-refractivity contribution is 0.220. The number of hydrogen-bond donors (Lipinski definition) is 2. The van der Waals surface area contributed by atoms with Crippen LogP contribution in [0.4, 0.5) is 19.3 Å². The minimum absolute atomic E-state index is 0.00738. The summed E-state index contributed by atoms with van der Waals surface area (Å²) in [6, 6.07) is 3.02. The number of anilines is 1. The Kier molecular flexibility index (Phi) is 3.80. The van der Waals surface area contributed by atoms with E-state index < -0.39 is 11.6 Å². The fraction of sp³-hybridized carbons (Fsp3) is 0.533. The maximum absolute atomic E-state index is 13.6. The Balaban J connectivity index is 1.64. The maximum atomic E-state index is 13.6. The molecule has 1 saturated carbocycles. The van der Waals surface area contributed by atoms with Gasteiger partial charge in [0.15, 0.2) is 0 Å². The number of carbonyl (C=O) groups is 1. The van der Waals surface area contributed by atoms with Crippen molar-refractivity contribution in [3.63, 3.8) is 0 Å². The highest BCUT2D eigenvalue weighted by Crippen LogP contribution is 2.35. The second-order valence-electron chi connectivity index (χ2n) is 6.05. The molecular formula is C15H19F2N3O. The van der Waals surface area contributed by atoms with Gasteiger partial charge in [0.05, 0.1) is 5.69 Å². The predicted molar refractivity (Wildman–Crippen MR) is 75.8 cm³/mol. The molecule has 1 aliphatic carbocycles. The molecule has 6 heteroatoms. The molecule has 0 radical (unpaired) electrons. The van der Waals surface area contributed by atoms with Gasteiger partial charge in [0, 0.05) is 25.2 Å². The van der Waals surface area contributed by atoms with E-state index in [2.05, 4.69) is 5.32 Å². The number of fused-ring (bicyclic) bond motifs is 1. The predicted octanol–water partition coefficient (Wildman–Crippen LogP) is 2.56. The van der Waals surface area contributed by atoms with Crippen LogP contribution in [-0.2, 0) is 0 Å². The number of urea groups is 1. The smallest absolute Gasteiger partial charge is 0.321 e. The van der Waals surface area contributed by atoms with E-state index >= 15 is 0 Å². The molecule has 1 heterocycles. The summed E-state index contributed by atoms with van der Waals surface area (Å²) in [5.74, 6) is -0.486. The lowest BCUT2D eigenvalue weighted by Gasteiger charge is -2.27. The number of halogens is 2. The first-order valence-electron chi connectivity index (χ1n) is 7.29. The second kappa shape index (κ2) is 5.60. The molecule has 1 unspecified atom stereocenters. The molecule has 2 amide bonds. The van der Waals surface area contributed by atoms with Crippen LogP contribution in [0, 0.1) is 23.5 Å². The fourth-order valence-electron chi connectivity index (χ4n) is 3.42. The number of benzene rings is 1. The molecule has 1 aliphatic heterocycles. The van der Waals surface area contributed by atoms with Gasteiger partial charge in [-0.2, -0.15) is 0 Å². The van der Waals surface area contributed by atoms with Gasteiger partial charge in [-0.15, -0.1) is 0 Å². The van der Waals surface area contributed by atoms with Crippen molar-refractivity contribution < 1.29 is 13.6 Å². The standard InChI is InChI=1S/C15H19F2N3O/c16-11-2-4-14(13(17)6-11)19-15(21)20-7-9-1-3-12(18)5-10(9)8-20/h2,4,6,9-10,12H,1,3,5,7-8,18H2,(H,19,21)/t9-,10+,12?/m1/s1. The Morgan fingerprint density at radius 3 is 2.76 bits per heavy atom. The van der Waals surface area contributed by atoms with Crippen molar-refractivity contribution in [2.24, 2.45) is 17.6 Å². The van der Waals surface area contributed by atoms with Crippen molar-refractivity contribution in [3.8, 4) is 0 Å². The maximum Gasteiger partial charge on any atom is 0.321 e. The van der Waals surface area contributed by atoms with E-state index in [1.165, 1.54) is 6.07 Å². The van der Waals surface area contributed by atoms with E-state index in [-0.39, 0.29) is 17.8 Å². The Bertz CT molecular complexity index is 552. The van der Waals surface area contributed by atoms with E-state index in [4.69, 9.17) is 5.73 Å². The van der Waals surface area contributed by atoms with Crippen molar-refractivity contribution in [2.75, 3.05) is 18.4 Å². The molecular weight excluding hydrogens is 276 g/mol. The molecule has 1 saturated heterocycles. The van der Waals surface area contributed by atoms with Crippen molar-refractivity contribution in [1.29, 1.82) is 0 Å². The third-order valence-corrected chi connectivity index (χ3v) is 4.55. The van der Waals surface area contributed by atoms with E-state index in [0.29, 0.717) is 24.9 Å². The minimum Gasteiger partial charge on any atom is -0.328 e. The fourth-order valence-corrected chi connectivity index (χ4v) is 3.42. The van der Waals surface area contributed by atoms with Crippen LogP contribution in [0.1, 0.15) is 19.3 Å². The van der Waals surface area contributed by atoms with E-state index in [1.807, 2.05) is 0 Å². The number of amides is 2. The van der Waals surface area contributed by atoms with Crippen LogP contribution >= 0.6 is 0 Å². The summed E-state index contributed by atoms with van der Waals surface area (Å²) in [7, 11) is 0. The molecule has 0 bridgehead atoms. The Hall–Kier alpha value is -1.69. The molecule has 21 heavy (non-hydrogen) atoms. The summed E-state index contributed by atoms with van der Waals surface area (Å²) in [5.41, 5.74) is 5.97. The van der Waals surface area contributed by atoms with Gasteiger partial charge in [-0.05, 0) is 43.2 Å². The van der Waals surface area contributed by atoms with Crippen molar-refractivity contribution in [1.82, 2.24) is 4.90 Å². The van der Waals surface area contributed by atoms with Crippen LogP contribution in [0.2, 0.25) is 0 Å². The summed E-state index contributed by atoms with van der Waals surface area (Å²) in [4.78, 5) is 13.9. The SMILES string of the molecule is NC1CC[C@@H]2CN(C(=O)Nc3ccc(F)cc3F)C[C@@H]2C1. The molecule has 3 atom stereocenters. The van der Waals surface area contributed by atoms with Gasteiger partial charge in [0.1, 0.15) is 11.6 Å². The monoisotopic (exact) mass is 295 g/mol. The highest BCUT2D eigenvalue weighted by Gasteiger charge is 2.38. The van der Waals surface area contributed by atoms with Crippen molar-refractivity contribution in [3.05, 3.63) is 29.8 Å². The van der Waals surface area contributed by atoms with Gasteiger partial charge in [-0.3, -0.25) is 0 Å². The highest BCUT2D eigenvalue weighted by atomic mass is 19.1. The molecule has 1 aromatic carbocycles. The van der Waals surface area contributed by atoms with E-state index in [0.717, 1.165) is 31.4 Å². The topological polar surface area (TPSA) is 58.4 Å². The number of nitrogens with one attached hydrogen (secondary N) is 1. The van der Waals surface area contributed by atoms with Gasteiger partial charge in [0.2, 0.25) is 0 Å². The third kappa shape index (κ3) is 3.00. The molecule has 3 rings (SSSR count). The van der Waals surface area contributed by atoms with Crippen LogP contribution in [0.5, 0.6) is 0 Å². The Morgan fingerprint density at radius 2 is 2.00 bits per heavy atom. The molecule has 114 valence electrons. The average Bonchev–Trinajstić information content (AvgIpc) is 2.85. The molecule has 2 fully saturated rings. The first kappa shape index (κ1) is 14.3. The summed E-state index contributed by atoms with van der Waals surface area (Å²) >= 11 is 0. The zero-order valence-electron chi connectivity index (χ0n) is 11.7. The van der Waals surface area contributed by atoms with Crippen LogP contribution in [0.15, 0.2) is 18.2 Å². The van der Waals surface area contributed by atoms with Crippen molar-refractivity contribution >= 4 is 11.7 Å². The number of carbonyl (C=O) groups excluding carboxylic acids is 1. The lowest BCUT2D eigenvalue weighted by atomic mass is 9.79. The molecule has 4 nitrogen and oxygen atoms in total. The normalized spacial score (nSPS) is 28.3. The largest absolute Gasteiger partial charge is 0.328 e. The third-order valence-electron chi connectivity index (χ3n) is 4.55. The molecule has 2 aliphatic rings. The molecule has 0 aromatic heterocycles. The average molecular weight is 295 g/mol. The van der Waals surface area contributed by atoms with Crippen LogP contribution < -0.4 is 11.1 Å².